The maximum absolute atomic E-state index is 3.49. The van der Waals surface area contributed by atoms with Crippen LogP contribution in [0.25, 0.3) is 0 Å². The maximum Gasteiger partial charge on any atom is 0.0480 e. The molecule has 0 bridgehead atoms. The molecule has 0 saturated carbocycles. The number of hydrogen-bond donors (Lipinski definition) is 1. The first-order valence-electron chi connectivity index (χ1n) is 5.72. The van der Waals surface area contributed by atoms with Crippen LogP contribution in [0.1, 0.15) is 11.1 Å². The summed E-state index contributed by atoms with van der Waals surface area (Å²) in [6.07, 6.45) is 2.10. The lowest BCUT2D eigenvalue weighted by molar-refractivity contribution is 1.12. The van der Waals surface area contributed by atoms with E-state index in [0.717, 1.165) is 6.54 Å². The minimum atomic E-state index is 0.874. The van der Waals surface area contributed by atoms with Crippen LogP contribution in [0.3, 0.4) is 0 Å². The van der Waals surface area contributed by atoms with Gasteiger partial charge in [-0.15, -0.1) is 11.8 Å². The van der Waals surface area contributed by atoms with E-state index in [0.29, 0.717) is 0 Å². The largest absolute Gasteiger partial charge is 0.380 e. The Morgan fingerprint density at radius 2 is 1.88 bits per heavy atom. The normalized spacial score (nSPS) is 10.2. The Kier molecular flexibility index (Phi) is 4.10. The molecule has 17 heavy (non-hydrogen) atoms. The summed E-state index contributed by atoms with van der Waals surface area (Å²) in [4.78, 5) is 1.29. The predicted molar refractivity (Wildman–Crippen MR) is 76.7 cm³/mol. The summed E-state index contributed by atoms with van der Waals surface area (Å²) in [5, 5.41) is 3.49. The average molecular weight is 243 g/mol. The fourth-order valence-electron chi connectivity index (χ4n) is 1.81. The van der Waals surface area contributed by atoms with Crippen LogP contribution in [-0.4, -0.2) is 6.26 Å². The molecule has 0 aliphatic rings. The van der Waals surface area contributed by atoms with Crippen LogP contribution in [-0.2, 0) is 6.54 Å². The zero-order valence-corrected chi connectivity index (χ0v) is 11.1. The van der Waals surface area contributed by atoms with Gasteiger partial charge < -0.3 is 5.32 Å². The maximum atomic E-state index is 3.49. The Morgan fingerprint density at radius 3 is 2.65 bits per heavy atom. The van der Waals surface area contributed by atoms with Crippen LogP contribution in [0, 0.1) is 6.92 Å². The van der Waals surface area contributed by atoms with Crippen LogP contribution >= 0.6 is 11.8 Å². The summed E-state index contributed by atoms with van der Waals surface area (Å²) in [6.45, 7) is 3.00. The van der Waals surface area contributed by atoms with Crippen LogP contribution < -0.4 is 5.32 Å². The molecule has 0 saturated heterocycles. The smallest absolute Gasteiger partial charge is 0.0480 e. The van der Waals surface area contributed by atoms with Crippen LogP contribution in [0.15, 0.2) is 53.4 Å². The molecule has 2 aromatic rings. The van der Waals surface area contributed by atoms with Crippen molar-refractivity contribution in [1.82, 2.24) is 0 Å². The fraction of sp³-hybridized carbons (Fsp3) is 0.200. The lowest BCUT2D eigenvalue weighted by Crippen LogP contribution is -2.00. The van der Waals surface area contributed by atoms with E-state index in [-0.39, 0.29) is 0 Å². The summed E-state index contributed by atoms with van der Waals surface area (Å²) < 4.78 is 0. The van der Waals surface area contributed by atoms with E-state index < -0.39 is 0 Å². The second kappa shape index (κ2) is 5.78. The van der Waals surface area contributed by atoms with Gasteiger partial charge in [-0.25, -0.2) is 0 Å². The van der Waals surface area contributed by atoms with Gasteiger partial charge in [0, 0.05) is 17.1 Å². The van der Waals surface area contributed by atoms with Crippen molar-refractivity contribution in [2.45, 2.75) is 18.4 Å². The number of aryl methyl sites for hydroxylation is 1. The van der Waals surface area contributed by atoms with Gasteiger partial charge in [-0.2, -0.15) is 0 Å². The Balaban J connectivity index is 2.07. The van der Waals surface area contributed by atoms with Crippen molar-refractivity contribution in [1.29, 1.82) is 0 Å². The number of rotatable bonds is 4. The molecule has 0 amide bonds. The zero-order valence-electron chi connectivity index (χ0n) is 10.2. The van der Waals surface area contributed by atoms with Crippen molar-refractivity contribution in [3.63, 3.8) is 0 Å². The molecular formula is C15H17NS. The lowest BCUT2D eigenvalue weighted by atomic mass is 10.1. The van der Waals surface area contributed by atoms with E-state index in [4.69, 9.17) is 0 Å². The van der Waals surface area contributed by atoms with E-state index >= 15 is 0 Å². The number of hydrogen-bond acceptors (Lipinski definition) is 2. The molecule has 0 radical (unpaired) electrons. The molecule has 1 nitrogen and oxygen atoms in total. The van der Waals surface area contributed by atoms with Gasteiger partial charge in [-0.3, -0.25) is 0 Å². The van der Waals surface area contributed by atoms with Gasteiger partial charge in [-0.1, -0.05) is 42.0 Å². The Morgan fingerprint density at radius 1 is 1.06 bits per heavy atom. The highest BCUT2D eigenvalue weighted by Crippen LogP contribution is 2.25. The highest BCUT2D eigenvalue weighted by Gasteiger charge is 1.99. The molecule has 2 heteroatoms. The standard InChI is InChI=1S/C15H17NS/c1-12-6-5-7-13(10-12)11-16-14-8-3-4-9-15(14)17-2/h3-10,16H,11H2,1-2H3. The van der Waals surface area contributed by atoms with Gasteiger partial charge in [0.2, 0.25) is 0 Å². The molecule has 2 aromatic carbocycles. The first-order chi connectivity index (χ1) is 8.29. The predicted octanol–water partition coefficient (Wildman–Crippen LogP) is 4.33. The highest BCUT2D eigenvalue weighted by atomic mass is 32.2. The van der Waals surface area contributed by atoms with Gasteiger partial charge in [0.15, 0.2) is 0 Å². The molecule has 0 unspecified atom stereocenters. The minimum absolute atomic E-state index is 0.874. The first-order valence-corrected chi connectivity index (χ1v) is 6.94. The monoisotopic (exact) mass is 243 g/mol. The molecular weight excluding hydrogens is 226 g/mol. The van der Waals surface area contributed by atoms with E-state index in [9.17, 15) is 0 Å². The number of benzene rings is 2. The SMILES string of the molecule is CSc1ccccc1NCc1cccc(C)c1. The summed E-state index contributed by atoms with van der Waals surface area (Å²) in [7, 11) is 0. The van der Waals surface area contributed by atoms with Crippen molar-refractivity contribution in [3.8, 4) is 0 Å². The van der Waals surface area contributed by atoms with Gasteiger partial charge in [0.25, 0.3) is 0 Å². The van der Waals surface area contributed by atoms with Crippen LogP contribution in [0.2, 0.25) is 0 Å². The molecule has 0 aliphatic carbocycles. The van der Waals surface area contributed by atoms with Crippen molar-refractivity contribution in [2.75, 3.05) is 11.6 Å². The topological polar surface area (TPSA) is 12.0 Å². The van der Waals surface area contributed by atoms with E-state index in [1.807, 2.05) is 0 Å². The van der Waals surface area contributed by atoms with Crippen molar-refractivity contribution in [3.05, 3.63) is 59.7 Å². The third-order valence-corrected chi connectivity index (χ3v) is 3.47. The van der Waals surface area contributed by atoms with Gasteiger partial charge >= 0.3 is 0 Å². The van der Waals surface area contributed by atoms with Crippen molar-refractivity contribution >= 4 is 17.4 Å². The quantitative estimate of drug-likeness (QED) is 0.802. The molecule has 0 spiro atoms. The number of nitrogens with one attached hydrogen (secondary N) is 1. The molecule has 0 aliphatic heterocycles. The molecule has 0 heterocycles. The summed E-state index contributed by atoms with van der Waals surface area (Å²) in [6, 6.07) is 17.0. The number of thioether (sulfide) groups is 1. The minimum Gasteiger partial charge on any atom is -0.380 e. The van der Waals surface area contributed by atoms with Crippen molar-refractivity contribution in [2.24, 2.45) is 0 Å². The molecule has 1 N–H and O–H groups in total. The fourth-order valence-corrected chi connectivity index (χ4v) is 2.38. The second-order valence-corrected chi connectivity index (χ2v) is 4.89. The third-order valence-electron chi connectivity index (χ3n) is 2.67. The van der Waals surface area contributed by atoms with Crippen LogP contribution in [0.4, 0.5) is 5.69 Å². The Bertz CT molecular complexity index is 494. The second-order valence-electron chi connectivity index (χ2n) is 4.04. The number of para-hydroxylation sites is 1. The molecule has 0 aromatic heterocycles. The summed E-state index contributed by atoms with van der Waals surface area (Å²) in [5.74, 6) is 0. The zero-order chi connectivity index (χ0) is 12.1. The van der Waals surface area contributed by atoms with Crippen molar-refractivity contribution < 1.29 is 0 Å². The lowest BCUT2D eigenvalue weighted by Gasteiger charge is -2.10. The third kappa shape index (κ3) is 3.27. The molecule has 88 valence electrons. The van der Waals surface area contributed by atoms with E-state index in [1.165, 1.54) is 21.7 Å². The Hall–Kier alpha value is -1.41. The molecule has 0 atom stereocenters. The first kappa shape index (κ1) is 12.1. The highest BCUT2D eigenvalue weighted by molar-refractivity contribution is 7.98. The van der Waals surface area contributed by atoms with Gasteiger partial charge in [-0.05, 0) is 30.9 Å². The molecule has 2 rings (SSSR count). The average Bonchev–Trinajstić information content (AvgIpc) is 2.37. The van der Waals surface area contributed by atoms with Gasteiger partial charge in [0.1, 0.15) is 0 Å². The Labute approximate surface area is 107 Å². The number of anilines is 1. The molecule has 0 fully saturated rings. The van der Waals surface area contributed by atoms with Gasteiger partial charge in [0.05, 0.1) is 0 Å². The summed E-state index contributed by atoms with van der Waals surface area (Å²) in [5.41, 5.74) is 3.84. The van der Waals surface area contributed by atoms with E-state index in [2.05, 4.69) is 67.0 Å². The van der Waals surface area contributed by atoms with Crippen LogP contribution in [0.5, 0.6) is 0 Å². The van der Waals surface area contributed by atoms with E-state index in [1.54, 1.807) is 11.8 Å². The summed E-state index contributed by atoms with van der Waals surface area (Å²) >= 11 is 1.77.